The first-order chi connectivity index (χ1) is 24.0. The van der Waals surface area contributed by atoms with Gasteiger partial charge in [-0.2, -0.15) is 26.3 Å². The Balaban J connectivity index is 1.41. The van der Waals surface area contributed by atoms with E-state index in [2.05, 4.69) is 58.3 Å². The van der Waals surface area contributed by atoms with Gasteiger partial charge in [-0.1, -0.05) is 84.9 Å². The third-order valence-electron chi connectivity index (χ3n) is 8.02. The molecule has 0 radical (unpaired) electrons. The van der Waals surface area contributed by atoms with Crippen molar-refractivity contribution in [2.75, 3.05) is 9.80 Å². The van der Waals surface area contributed by atoms with Crippen LogP contribution in [0.25, 0.3) is 11.1 Å². The molecule has 7 heteroatoms. The number of para-hydroxylation sites is 2. The average molecular weight is 632 g/mol. The van der Waals surface area contributed by atoms with Gasteiger partial charge in [0, 0.05) is 41.4 Å². The summed E-state index contributed by atoms with van der Waals surface area (Å²) in [6.45, 7) is 2.83. The molecule has 5 rings (SSSR count). The Morgan fingerprint density at radius 3 is 1.14 bits per heavy atom. The van der Waals surface area contributed by atoms with Gasteiger partial charge in [0.2, 0.25) is 0 Å². The highest BCUT2D eigenvalue weighted by Crippen LogP contribution is 2.32. The molecule has 49 heavy (non-hydrogen) atoms. The monoisotopic (exact) mass is 631 g/mol. The molecule has 232 valence electrons. The molecular formula is C42H29N7. The highest BCUT2D eigenvalue weighted by Gasteiger charge is 2.15. The van der Waals surface area contributed by atoms with Gasteiger partial charge in [0.1, 0.15) is 29.8 Å². The predicted molar refractivity (Wildman–Crippen MR) is 191 cm³/mol. The second kappa shape index (κ2) is 15.8. The second-order valence-corrected chi connectivity index (χ2v) is 11.1. The summed E-state index contributed by atoms with van der Waals surface area (Å²) in [4.78, 5) is 4.37. The Kier molecular flexibility index (Phi) is 10.6. The zero-order chi connectivity index (χ0) is 34.6. The van der Waals surface area contributed by atoms with Crippen LogP contribution in [0.2, 0.25) is 0 Å². The quantitative estimate of drug-likeness (QED) is 0.141. The number of benzene rings is 5. The lowest BCUT2D eigenvalue weighted by molar-refractivity contribution is 0.954. The van der Waals surface area contributed by atoms with Crippen LogP contribution in [0.1, 0.15) is 29.2 Å². The lowest BCUT2D eigenvalue weighted by Crippen LogP contribution is -2.17. The minimum Gasteiger partial charge on any atom is -0.337 e. The first kappa shape index (κ1) is 33.0. The number of allylic oxidation sites excluding steroid dienone is 4. The van der Waals surface area contributed by atoms with Crippen molar-refractivity contribution in [3.8, 4) is 30.3 Å². The predicted octanol–water partition coefficient (Wildman–Crippen LogP) is 9.51. The molecule has 0 bridgehead atoms. The maximum Gasteiger partial charge on any atom is 0.148 e. The fourth-order valence-electron chi connectivity index (χ4n) is 5.43. The van der Waals surface area contributed by atoms with E-state index in [0.717, 1.165) is 33.9 Å². The van der Waals surface area contributed by atoms with E-state index in [-0.39, 0.29) is 11.1 Å². The molecule has 5 aromatic carbocycles. The summed E-state index contributed by atoms with van der Waals surface area (Å²) in [6.07, 6.45) is 0. The van der Waals surface area contributed by atoms with Gasteiger partial charge in [-0.25, -0.2) is 0 Å². The van der Waals surface area contributed by atoms with Crippen LogP contribution in [-0.2, 0) is 13.1 Å². The Hall–Kier alpha value is -7.37. The number of hydrogen-bond acceptors (Lipinski definition) is 7. The Bertz CT molecular complexity index is 2180. The van der Waals surface area contributed by atoms with Crippen LogP contribution < -0.4 is 9.80 Å². The summed E-state index contributed by atoms with van der Waals surface area (Å²) in [6, 6.07) is 53.4. The van der Waals surface area contributed by atoms with Gasteiger partial charge >= 0.3 is 0 Å². The summed E-state index contributed by atoms with van der Waals surface area (Å²) >= 11 is 0. The van der Waals surface area contributed by atoms with Crippen molar-refractivity contribution in [1.82, 2.24) is 0 Å². The standard InChI is InChI=1S/C42H29N7/c1-31(24-43)41(27-46)34-16-20-39(21-17-34)48(37-8-4-2-5-9-37)29-32-12-14-33(15-13-32)30-49(38-10-6-3-7-11-38)40-22-18-35(19-23-40)42(28-47)36(25-44)26-45/h2-23H,29-30H2,1H3/b41-31+. The summed E-state index contributed by atoms with van der Waals surface area (Å²) in [5.41, 5.74) is 7.86. The third-order valence-corrected chi connectivity index (χ3v) is 8.02. The van der Waals surface area contributed by atoms with Crippen LogP contribution >= 0.6 is 0 Å². The van der Waals surface area contributed by atoms with Crippen LogP contribution in [-0.4, -0.2) is 0 Å². The number of rotatable bonds is 10. The molecule has 0 amide bonds. The fourth-order valence-corrected chi connectivity index (χ4v) is 5.43. The van der Waals surface area contributed by atoms with Gasteiger partial charge in [0.05, 0.1) is 17.2 Å². The highest BCUT2D eigenvalue weighted by molar-refractivity contribution is 5.85. The molecule has 0 saturated heterocycles. The van der Waals surface area contributed by atoms with Crippen molar-refractivity contribution >= 4 is 33.9 Å². The van der Waals surface area contributed by atoms with Crippen LogP contribution in [0.4, 0.5) is 22.7 Å². The van der Waals surface area contributed by atoms with Crippen molar-refractivity contribution in [1.29, 1.82) is 26.3 Å². The van der Waals surface area contributed by atoms with E-state index in [0.29, 0.717) is 35.4 Å². The second-order valence-electron chi connectivity index (χ2n) is 11.1. The topological polar surface area (TPSA) is 125 Å². The lowest BCUT2D eigenvalue weighted by Gasteiger charge is -2.27. The molecule has 7 nitrogen and oxygen atoms in total. The normalized spacial score (nSPS) is 10.5. The van der Waals surface area contributed by atoms with Crippen molar-refractivity contribution < 1.29 is 0 Å². The molecule has 0 saturated carbocycles. The van der Waals surface area contributed by atoms with Crippen molar-refractivity contribution in [2.24, 2.45) is 0 Å². The molecule has 0 aromatic heterocycles. The summed E-state index contributed by atoms with van der Waals surface area (Å²) < 4.78 is 0. The molecule has 5 aromatic rings. The average Bonchev–Trinajstić information content (AvgIpc) is 3.17. The van der Waals surface area contributed by atoms with E-state index >= 15 is 0 Å². The maximum atomic E-state index is 9.61. The van der Waals surface area contributed by atoms with Crippen molar-refractivity contribution in [3.05, 3.63) is 167 Å². The smallest absolute Gasteiger partial charge is 0.148 e. The molecule has 0 spiro atoms. The Morgan fingerprint density at radius 1 is 0.429 bits per heavy atom. The zero-order valence-corrected chi connectivity index (χ0v) is 26.7. The molecular weight excluding hydrogens is 603 g/mol. The van der Waals surface area contributed by atoms with E-state index in [9.17, 15) is 26.3 Å². The molecule has 0 unspecified atom stereocenters. The number of nitrogens with zero attached hydrogens (tertiary/aromatic N) is 7. The SMILES string of the molecule is C/C(C#N)=C(/C#N)c1ccc(N(Cc2ccc(CN(c3ccccc3)c3ccc(C(C#N)=C(C#N)C#N)cc3)cc2)c2ccccc2)cc1. The molecule has 0 atom stereocenters. The van der Waals surface area contributed by atoms with E-state index in [4.69, 9.17) is 0 Å². The Morgan fingerprint density at radius 2 is 0.796 bits per heavy atom. The van der Waals surface area contributed by atoms with E-state index in [1.54, 1.807) is 31.2 Å². The minimum atomic E-state index is -0.214. The number of nitriles is 5. The van der Waals surface area contributed by atoms with E-state index < -0.39 is 0 Å². The first-order valence-corrected chi connectivity index (χ1v) is 15.4. The molecule has 0 aliphatic carbocycles. The highest BCUT2D eigenvalue weighted by atomic mass is 15.1. The molecule has 0 N–H and O–H groups in total. The van der Waals surface area contributed by atoms with Crippen molar-refractivity contribution in [3.63, 3.8) is 0 Å². The van der Waals surface area contributed by atoms with Gasteiger partial charge in [0.25, 0.3) is 0 Å². The summed E-state index contributed by atoms with van der Waals surface area (Å²) in [5.74, 6) is 0. The number of anilines is 4. The minimum absolute atomic E-state index is 0.0525. The van der Waals surface area contributed by atoms with Gasteiger partial charge < -0.3 is 9.80 Å². The van der Waals surface area contributed by atoms with Gasteiger partial charge in [0.15, 0.2) is 0 Å². The van der Waals surface area contributed by atoms with Gasteiger partial charge in [-0.15, -0.1) is 0 Å². The number of hydrogen-bond donors (Lipinski definition) is 0. The Labute approximate surface area is 286 Å². The molecule has 0 heterocycles. The largest absolute Gasteiger partial charge is 0.337 e. The summed E-state index contributed by atoms with van der Waals surface area (Å²) in [7, 11) is 0. The maximum absolute atomic E-state index is 9.61. The third kappa shape index (κ3) is 7.72. The molecule has 0 fully saturated rings. The lowest BCUT2D eigenvalue weighted by atomic mass is 10.0. The van der Waals surface area contributed by atoms with Gasteiger partial charge in [-0.3, -0.25) is 0 Å². The van der Waals surface area contributed by atoms with Gasteiger partial charge in [-0.05, 0) is 77.7 Å². The molecule has 0 aliphatic heterocycles. The zero-order valence-electron chi connectivity index (χ0n) is 26.7. The van der Waals surface area contributed by atoms with Crippen LogP contribution in [0, 0.1) is 56.7 Å². The van der Waals surface area contributed by atoms with Crippen LogP contribution in [0.15, 0.2) is 145 Å². The van der Waals surface area contributed by atoms with Crippen LogP contribution in [0.3, 0.4) is 0 Å². The fraction of sp³-hybridized carbons (Fsp3) is 0.0714. The first-order valence-electron chi connectivity index (χ1n) is 15.4. The van der Waals surface area contributed by atoms with E-state index in [1.807, 2.05) is 91.0 Å². The van der Waals surface area contributed by atoms with Crippen LogP contribution in [0.5, 0.6) is 0 Å². The summed E-state index contributed by atoms with van der Waals surface area (Å²) in [5, 5.41) is 47.1. The van der Waals surface area contributed by atoms with Crippen molar-refractivity contribution in [2.45, 2.75) is 20.0 Å². The van der Waals surface area contributed by atoms with E-state index in [1.165, 1.54) is 0 Å². The molecule has 0 aliphatic rings.